The molecule has 6 nitrogen and oxygen atoms in total. The maximum Gasteiger partial charge on any atom is 0.259 e. The van der Waals surface area contributed by atoms with Crippen molar-refractivity contribution in [3.8, 4) is 0 Å². The number of anilines is 2. The molecule has 0 spiro atoms. The molecular formula is C18H21F2N5OS. The molecule has 27 heavy (non-hydrogen) atoms. The van der Waals surface area contributed by atoms with Crippen molar-refractivity contribution in [1.29, 1.82) is 0 Å². The van der Waals surface area contributed by atoms with E-state index < -0.39 is 5.92 Å². The number of nitrogens with two attached hydrogens (primary N) is 1. The normalized spacial score (nSPS) is 16.7. The van der Waals surface area contributed by atoms with Crippen LogP contribution in [0, 0.1) is 6.92 Å². The molecule has 2 aromatic rings. The van der Waals surface area contributed by atoms with Gasteiger partial charge in [-0.2, -0.15) is 0 Å². The molecule has 0 radical (unpaired) electrons. The lowest BCUT2D eigenvalue weighted by Crippen LogP contribution is -2.29. The Labute approximate surface area is 160 Å². The van der Waals surface area contributed by atoms with Crippen LogP contribution in [0.25, 0.3) is 0 Å². The fourth-order valence-corrected chi connectivity index (χ4v) is 3.30. The summed E-state index contributed by atoms with van der Waals surface area (Å²) in [7, 11) is 0. The Hall–Kier alpha value is -2.26. The monoisotopic (exact) mass is 393 g/mol. The van der Waals surface area contributed by atoms with Crippen molar-refractivity contribution in [3.63, 3.8) is 0 Å². The molecule has 0 saturated carbocycles. The van der Waals surface area contributed by atoms with Crippen LogP contribution in [0.3, 0.4) is 0 Å². The third-order valence-corrected chi connectivity index (χ3v) is 4.85. The quantitative estimate of drug-likeness (QED) is 0.772. The Kier molecular flexibility index (Phi) is 5.91. The number of aromatic nitrogens is 2. The molecule has 144 valence electrons. The molecule has 3 N–H and O–H groups in total. The van der Waals surface area contributed by atoms with E-state index in [1.165, 1.54) is 0 Å². The number of pyridine rings is 2. The second-order valence-corrected chi connectivity index (χ2v) is 7.13. The summed E-state index contributed by atoms with van der Waals surface area (Å²) < 4.78 is 27.4. The molecule has 1 fully saturated rings. The Balaban J connectivity index is 1.86. The average Bonchev–Trinajstić information content (AvgIpc) is 2.82. The van der Waals surface area contributed by atoms with E-state index in [-0.39, 0.29) is 25.3 Å². The van der Waals surface area contributed by atoms with Gasteiger partial charge in [-0.1, -0.05) is 0 Å². The van der Waals surface area contributed by atoms with Crippen molar-refractivity contribution >= 4 is 29.4 Å². The van der Waals surface area contributed by atoms with Gasteiger partial charge in [-0.15, -0.1) is 0 Å². The number of nitrogens with one attached hydrogen (secondary N) is 1. The number of halogens is 2. The number of nitrogens with zero attached hydrogens (tertiary/aromatic N) is 3. The van der Waals surface area contributed by atoms with Gasteiger partial charge < -0.3 is 10.2 Å². The molecule has 0 bridgehead atoms. The van der Waals surface area contributed by atoms with E-state index in [0.29, 0.717) is 35.1 Å². The molecule has 3 rings (SSSR count). The highest BCUT2D eigenvalue weighted by Gasteiger charge is 2.33. The lowest BCUT2D eigenvalue weighted by Gasteiger charge is -2.24. The molecule has 2 aromatic heterocycles. The molecule has 0 unspecified atom stereocenters. The number of rotatable bonds is 4. The average molecular weight is 393 g/mol. The third kappa shape index (κ3) is 4.92. The van der Waals surface area contributed by atoms with Crippen molar-refractivity contribution in [3.05, 3.63) is 41.7 Å². The zero-order valence-electron chi connectivity index (χ0n) is 14.9. The van der Waals surface area contributed by atoms with Gasteiger partial charge in [-0.25, -0.2) is 18.7 Å². The van der Waals surface area contributed by atoms with Gasteiger partial charge in [0.05, 0.1) is 5.56 Å². The zero-order chi connectivity index (χ0) is 19.4. The lowest BCUT2D eigenvalue weighted by molar-refractivity contribution is -0.0102. The standard InChI is InChI=1S/C18H21F2N5OS/c1-12-3-4-14(17(26)24-13-5-8-22-15(11-13)27-21)16(23-12)25-9-2-6-18(19,20)7-10-25/h3-5,8,11H,2,6-7,9-10,21H2,1H3,(H,22,24,26). The van der Waals surface area contributed by atoms with Gasteiger partial charge in [0.2, 0.25) is 5.92 Å². The number of amides is 1. The van der Waals surface area contributed by atoms with E-state index in [2.05, 4.69) is 15.3 Å². The number of carbonyl (C=O) groups is 1. The van der Waals surface area contributed by atoms with Crippen LogP contribution >= 0.6 is 11.9 Å². The number of alkyl halides is 2. The van der Waals surface area contributed by atoms with E-state index >= 15 is 0 Å². The lowest BCUT2D eigenvalue weighted by atomic mass is 10.1. The molecule has 3 heterocycles. The van der Waals surface area contributed by atoms with Gasteiger partial charge in [0.15, 0.2) is 0 Å². The van der Waals surface area contributed by atoms with Gasteiger partial charge in [0, 0.05) is 43.5 Å². The summed E-state index contributed by atoms with van der Waals surface area (Å²) in [6, 6.07) is 6.73. The van der Waals surface area contributed by atoms with E-state index in [9.17, 15) is 13.6 Å². The summed E-state index contributed by atoms with van der Waals surface area (Å²) >= 11 is 0.982. The van der Waals surface area contributed by atoms with Crippen LogP contribution in [0.4, 0.5) is 20.3 Å². The zero-order valence-corrected chi connectivity index (χ0v) is 15.7. The Morgan fingerprint density at radius 2 is 2.11 bits per heavy atom. The van der Waals surface area contributed by atoms with Crippen LogP contribution in [-0.2, 0) is 0 Å². The summed E-state index contributed by atoms with van der Waals surface area (Å²) in [6.45, 7) is 2.41. The third-order valence-electron chi connectivity index (χ3n) is 4.39. The van der Waals surface area contributed by atoms with Gasteiger partial charge >= 0.3 is 0 Å². The van der Waals surface area contributed by atoms with Gasteiger partial charge in [-0.3, -0.25) is 9.93 Å². The molecular weight excluding hydrogens is 372 g/mol. The predicted molar refractivity (Wildman–Crippen MR) is 102 cm³/mol. The smallest absolute Gasteiger partial charge is 0.259 e. The highest BCUT2D eigenvalue weighted by Crippen LogP contribution is 2.31. The van der Waals surface area contributed by atoms with Crippen molar-refractivity contribution in [1.82, 2.24) is 9.97 Å². The van der Waals surface area contributed by atoms with Crippen molar-refractivity contribution in [2.45, 2.75) is 37.1 Å². The second kappa shape index (κ2) is 8.18. The first-order chi connectivity index (χ1) is 12.9. The molecule has 1 amide bonds. The van der Waals surface area contributed by atoms with E-state index in [1.807, 2.05) is 6.92 Å². The second-order valence-electron chi connectivity index (χ2n) is 6.48. The molecule has 0 aliphatic carbocycles. The summed E-state index contributed by atoms with van der Waals surface area (Å²) in [4.78, 5) is 23.1. The Morgan fingerprint density at radius 3 is 2.89 bits per heavy atom. The Morgan fingerprint density at radius 1 is 1.30 bits per heavy atom. The summed E-state index contributed by atoms with van der Waals surface area (Å²) in [5.74, 6) is -2.59. The fourth-order valence-electron chi connectivity index (χ4n) is 2.99. The Bertz CT molecular complexity index is 833. The summed E-state index contributed by atoms with van der Waals surface area (Å²) in [5, 5.41) is 8.87. The highest BCUT2D eigenvalue weighted by molar-refractivity contribution is 7.97. The first kappa shape index (κ1) is 19.5. The van der Waals surface area contributed by atoms with Crippen molar-refractivity contribution in [2.24, 2.45) is 5.14 Å². The maximum atomic E-state index is 13.7. The largest absolute Gasteiger partial charge is 0.356 e. The molecule has 1 saturated heterocycles. The van der Waals surface area contributed by atoms with E-state index in [4.69, 9.17) is 5.14 Å². The number of carbonyl (C=O) groups excluding carboxylic acids is 1. The number of aryl methyl sites for hydroxylation is 1. The summed E-state index contributed by atoms with van der Waals surface area (Å²) in [6.07, 6.45) is 1.51. The predicted octanol–water partition coefficient (Wildman–Crippen LogP) is 3.63. The van der Waals surface area contributed by atoms with E-state index in [0.717, 1.165) is 17.6 Å². The molecule has 1 aliphatic heterocycles. The number of hydrogen-bond donors (Lipinski definition) is 2. The van der Waals surface area contributed by atoms with E-state index in [1.54, 1.807) is 35.4 Å². The van der Waals surface area contributed by atoms with Crippen LogP contribution in [0.5, 0.6) is 0 Å². The minimum Gasteiger partial charge on any atom is -0.356 e. The minimum absolute atomic E-state index is 0.145. The molecule has 9 heteroatoms. The van der Waals surface area contributed by atoms with Crippen LogP contribution in [0.15, 0.2) is 35.5 Å². The van der Waals surface area contributed by atoms with Crippen LogP contribution in [-0.4, -0.2) is 34.9 Å². The summed E-state index contributed by atoms with van der Waals surface area (Å²) in [5.41, 5.74) is 1.63. The van der Waals surface area contributed by atoms with Crippen LogP contribution in [0.2, 0.25) is 0 Å². The molecule has 1 aliphatic rings. The first-order valence-corrected chi connectivity index (χ1v) is 9.50. The highest BCUT2D eigenvalue weighted by atomic mass is 32.2. The topological polar surface area (TPSA) is 84.1 Å². The minimum atomic E-state index is -2.67. The molecule has 0 atom stereocenters. The van der Waals surface area contributed by atoms with Gasteiger partial charge in [-0.05, 0) is 49.6 Å². The van der Waals surface area contributed by atoms with Crippen molar-refractivity contribution in [2.75, 3.05) is 23.3 Å². The first-order valence-electron chi connectivity index (χ1n) is 8.62. The fraction of sp³-hybridized carbons (Fsp3) is 0.389. The van der Waals surface area contributed by atoms with Gasteiger partial charge in [0.1, 0.15) is 10.8 Å². The SMILES string of the molecule is Cc1ccc(C(=O)Nc2ccnc(SN)c2)c(N2CCCC(F)(F)CC2)n1. The van der Waals surface area contributed by atoms with Gasteiger partial charge in [0.25, 0.3) is 5.91 Å². The maximum absolute atomic E-state index is 13.7. The van der Waals surface area contributed by atoms with Crippen LogP contribution in [0.1, 0.15) is 35.3 Å². The van der Waals surface area contributed by atoms with Crippen molar-refractivity contribution < 1.29 is 13.6 Å². The van der Waals surface area contributed by atoms with Crippen LogP contribution < -0.4 is 15.4 Å². The number of hydrogen-bond acceptors (Lipinski definition) is 6. The molecule has 0 aromatic carbocycles.